The van der Waals surface area contributed by atoms with Crippen molar-refractivity contribution in [1.29, 1.82) is 0 Å². The molecule has 1 heterocycles. The van der Waals surface area contributed by atoms with Gasteiger partial charge in [0.2, 0.25) is 0 Å². The summed E-state index contributed by atoms with van der Waals surface area (Å²) in [5.41, 5.74) is 3.97. The molecular formula is C10H12N4O2S. The number of nitrogen functional groups attached to an aromatic ring is 1. The van der Waals surface area contributed by atoms with Crippen LogP contribution in [0.3, 0.4) is 0 Å². The van der Waals surface area contributed by atoms with E-state index in [-0.39, 0.29) is 13.2 Å². The van der Waals surface area contributed by atoms with E-state index in [1.165, 1.54) is 11.5 Å². The Morgan fingerprint density at radius 3 is 3.12 bits per heavy atom. The first kappa shape index (κ1) is 11.8. The van der Waals surface area contributed by atoms with Crippen molar-refractivity contribution in [3.8, 4) is 5.75 Å². The van der Waals surface area contributed by atoms with Gasteiger partial charge in [0.15, 0.2) is 5.00 Å². The van der Waals surface area contributed by atoms with Crippen molar-refractivity contribution in [2.24, 2.45) is 5.84 Å². The number of anilines is 1. The highest BCUT2D eigenvalue weighted by molar-refractivity contribution is 7.10. The van der Waals surface area contributed by atoms with Crippen LogP contribution >= 0.6 is 11.5 Å². The number of nitrogens with two attached hydrogens (primary N) is 1. The van der Waals surface area contributed by atoms with E-state index in [0.29, 0.717) is 16.4 Å². The summed E-state index contributed by atoms with van der Waals surface area (Å²) in [7, 11) is 0. The van der Waals surface area contributed by atoms with Crippen molar-refractivity contribution in [3.63, 3.8) is 0 Å². The van der Waals surface area contributed by atoms with Gasteiger partial charge >= 0.3 is 0 Å². The molecule has 2 aromatic rings. The fourth-order valence-electron chi connectivity index (χ4n) is 1.30. The minimum atomic E-state index is -0.00887. The number of rotatable bonds is 5. The fraction of sp³-hybridized carbons (Fsp3) is 0.200. The van der Waals surface area contributed by atoms with Crippen molar-refractivity contribution in [3.05, 3.63) is 35.5 Å². The molecule has 0 saturated carbocycles. The Kier molecular flexibility index (Phi) is 3.86. The third-order valence-corrected chi connectivity index (χ3v) is 2.84. The third kappa shape index (κ3) is 2.90. The Bertz CT molecular complexity index is 489. The number of nitrogens with one attached hydrogen (secondary N) is 1. The second-order valence-electron chi connectivity index (χ2n) is 3.29. The molecule has 6 nitrogen and oxygen atoms in total. The van der Waals surface area contributed by atoms with Crippen molar-refractivity contribution in [2.75, 3.05) is 5.43 Å². The van der Waals surface area contributed by atoms with Gasteiger partial charge in [-0.3, -0.25) is 0 Å². The molecule has 0 fully saturated rings. The Morgan fingerprint density at radius 1 is 1.47 bits per heavy atom. The summed E-state index contributed by atoms with van der Waals surface area (Å²) < 4.78 is 9.30. The van der Waals surface area contributed by atoms with E-state index >= 15 is 0 Å². The lowest BCUT2D eigenvalue weighted by atomic mass is 10.2. The third-order valence-electron chi connectivity index (χ3n) is 2.14. The van der Waals surface area contributed by atoms with E-state index in [1.807, 2.05) is 18.2 Å². The average Bonchev–Trinajstić information content (AvgIpc) is 2.84. The number of aromatic nitrogens is 2. The number of hydrazine groups is 1. The molecule has 2 rings (SSSR count). The van der Waals surface area contributed by atoms with Crippen molar-refractivity contribution < 1.29 is 9.84 Å². The van der Waals surface area contributed by atoms with Crippen LogP contribution in [0.1, 0.15) is 11.3 Å². The van der Waals surface area contributed by atoms with E-state index in [9.17, 15) is 0 Å². The van der Waals surface area contributed by atoms with Crippen LogP contribution in [0.4, 0.5) is 5.00 Å². The summed E-state index contributed by atoms with van der Waals surface area (Å²) in [4.78, 5) is 0. The van der Waals surface area contributed by atoms with E-state index in [2.05, 4.69) is 15.0 Å². The lowest BCUT2D eigenvalue weighted by molar-refractivity contribution is 0.277. The molecule has 7 heteroatoms. The predicted molar refractivity (Wildman–Crippen MR) is 64.4 cm³/mol. The van der Waals surface area contributed by atoms with Crippen LogP contribution in [0.25, 0.3) is 0 Å². The topological polar surface area (TPSA) is 93.3 Å². The zero-order chi connectivity index (χ0) is 12.1. The summed E-state index contributed by atoms with van der Waals surface area (Å²) in [6.07, 6.45) is 0. The molecule has 0 aliphatic heterocycles. The molecule has 0 atom stereocenters. The first-order valence-electron chi connectivity index (χ1n) is 4.94. The molecule has 0 unspecified atom stereocenters. The monoisotopic (exact) mass is 252 g/mol. The van der Waals surface area contributed by atoms with Gasteiger partial charge in [-0.2, -0.15) is 0 Å². The second kappa shape index (κ2) is 5.58. The molecule has 17 heavy (non-hydrogen) atoms. The van der Waals surface area contributed by atoms with Crippen molar-refractivity contribution in [1.82, 2.24) is 9.59 Å². The first-order valence-corrected chi connectivity index (χ1v) is 5.71. The smallest absolute Gasteiger partial charge is 0.150 e. The number of ether oxygens (including phenoxy) is 1. The maximum absolute atomic E-state index is 8.99. The van der Waals surface area contributed by atoms with E-state index in [0.717, 1.165) is 5.56 Å². The number of hydrogen-bond acceptors (Lipinski definition) is 7. The fourth-order valence-corrected chi connectivity index (χ4v) is 1.78. The van der Waals surface area contributed by atoms with E-state index < -0.39 is 0 Å². The Hall–Kier alpha value is -1.70. The molecule has 1 aromatic heterocycles. The molecule has 4 N–H and O–H groups in total. The SMILES string of the molecule is NNc1snnc1COc1cccc(CO)c1. The molecule has 0 saturated heterocycles. The van der Waals surface area contributed by atoms with Crippen LogP contribution in [-0.4, -0.2) is 14.7 Å². The summed E-state index contributed by atoms with van der Waals surface area (Å²) in [6, 6.07) is 7.23. The molecule has 0 aliphatic rings. The highest BCUT2D eigenvalue weighted by atomic mass is 32.1. The van der Waals surface area contributed by atoms with E-state index in [1.54, 1.807) is 6.07 Å². The number of nitrogens with zero attached hydrogens (tertiary/aromatic N) is 2. The van der Waals surface area contributed by atoms with Gasteiger partial charge in [0.25, 0.3) is 0 Å². The zero-order valence-corrected chi connectivity index (χ0v) is 9.78. The minimum Gasteiger partial charge on any atom is -0.487 e. The lowest BCUT2D eigenvalue weighted by Gasteiger charge is -2.06. The number of benzene rings is 1. The molecular weight excluding hydrogens is 240 g/mol. The number of aliphatic hydroxyl groups excluding tert-OH is 1. The Labute approximate surface area is 102 Å². The standard InChI is InChI=1S/C10H12N4O2S/c11-12-10-9(13-14-17-10)6-16-8-3-1-2-7(4-8)5-15/h1-4,12,15H,5-6,11H2. The van der Waals surface area contributed by atoms with Crippen LogP contribution in [0.15, 0.2) is 24.3 Å². The normalized spacial score (nSPS) is 10.2. The lowest BCUT2D eigenvalue weighted by Crippen LogP contribution is -2.08. The maximum atomic E-state index is 8.99. The Balaban J connectivity index is 2.02. The van der Waals surface area contributed by atoms with Gasteiger partial charge < -0.3 is 15.3 Å². The average molecular weight is 252 g/mol. The van der Waals surface area contributed by atoms with Crippen molar-refractivity contribution >= 4 is 16.5 Å². The first-order chi connectivity index (χ1) is 8.33. The van der Waals surface area contributed by atoms with Gasteiger partial charge in [-0.05, 0) is 17.7 Å². The molecule has 0 spiro atoms. The highest BCUT2D eigenvalue weighted by Gasteiger charge is 2.07. The highest BCUT2D eigenvalue weighted by Crippen LogP contribution is 2.19. The summed E-state index contributed by atoms with van der Waals surface area (Å²) in [5, 5.41) is 13.6. The van der Waals surface area contributed by atoms with Gasteiger partial charge in [0.05, 0.1) is 6.61 Å². The molecule has 0 aliphatic carbocycles. The van der Waals surface area contributed by atoms with Crippen LogP contribution < -0.4 is 16.0 Å². The van der Waals surface area contributed by atoms with Gasteiger partial charge in [-0.15, -0.1) is 5.10 Å². The zero-order valence-electron chi connectivity index (χ0n) is 8.96. The molecule has 1 aromatic carbocycles. The van der Waals surface area contributed by atoms with Gasteiger partial charge in [0, 0.05) is 11.5 Å². The Morgan fingerprint density at radius 2 is 2.35 bits per heavy atom. The quantitative estimate of drug-likeness (QED) is 0.540. The number of aliphatic hydroxyl groups is 1. The maximum Gasteiger partial charge on any atom is 0.150 e. The van der Waals surface area contributed by atoms with Crippen LogP contribution in [0.2, 0.25) is 0 Å². The minimum absolute atomic E-state index is 0.00887. The molecule has 0 amide bonds. The van der Waals surface area contributed by atoms with Gasteiger partial charge in [-0.25, -0.2) is 5.84 Å². The van der Waals surface area contributed by atoms with Gasteiger partial charge in [-0.1, -0.05) is 16.6 Å². The summed E-state index contributed by atoms with van der Waals surface area (Å²) in [6.45, 7) is 0.274. The van der Waals surface area contributed by atoms with Crippen LogP contribution in [-0.2, 0) is 13.2 Å². The van der Waals surface area contributed by atoms with Gasteiger partial charge in [0.1, 0.15) is 18.1 Å². The largest absolute Gasteiger partial charge is 0.487 e. The molecule has 90 valence electrons. The van der Waals surface area contributed by atoms with Crippen LogP contribution in [0, 0.1) is 0 Å². The summed E-state index contributed by atoms with van der Waals surface area (Å²) >= 11 is 1.18. The molecule has 0 radical (unpaired) electrons. The van der Waals surface area contributed by atoms with E-state index in [4.69, 9.17) is 15.7 Å². The second-order valence-corrected chi connectivity index (χ2v) is 4.04. The number of hydrogen-bond donors (Lipinski definition) is 3. The summed E-state index contributed by atoms with van der Waals surface area (Å²) in [5.74, 6) is 5.98. The van der Waals surface area contributed by atoms with Crippen molar-refractivity contribution in [2.45, 2.75) is 13.2 Å². The van der Waals surface area contributed by atoms with Crippen LogP contribution in [0.5, 0.6) is 5.75 Å². The molecule has 0 bridgehead atoms. The predicted octanol–water partition coefficient (Wildman–Crippen LogP) is 0.895.